The Labute approximate surface area is 87.5 Å². The second-order valence-corrected chi connectivity index (χ2v) is 3.64. The minimum absolute atomic E-state index is 0.0822. The molecule has 0 aromatic heterocycles. The number of carboxylic acid groups (broad SMARTS) is 1. The Hall–Kier alpha value is -1.06. The quantitative estimate of drug-likeness (QED) is 0.809. The summed E-state index contributed by atoms with van der Waals surface area (Å²) in [6.07, 6.45) is -0.0822. The maximum atomic E-state index is 10.5. The molecule has 0 amide bonds. The molecule has 0 unspecified atom stereocenters. The largest absolute Gasteiger partial charge is 0.481 e. The first-order chi connectivity index (χ1) is 6.50. The Kier molecular flexibility index (Phi) is 3.49. The fourth-order valence-electron chi connectivity index (χ4n) is 1.31. The molecule has 0 aliphatic heterocycles. The Morgan fingerprint density at radius 1 is 1.64 bits per heavy atom. The number of nitrogens with two attached hydrogens (primary N) is 1. The van der Waals surface area contributed by atoms with E-state index in [0.717, 1.165) is 11.1 Å². The topological polar surface area (TPSA) is 63.3 Å². The van der Waals surface area contributed by atoms with Crippen molar-refractivity contribution in [3.63, 3.8) is 0 Å². The summed E-state index contributed by atoms with van der Waals surface area (Å²) in [6.45, 7) is 1.88. The van der Waals surface area contributed by atoms with Crippen LogP contribution in [0.15, 0.2) is 18.2 Å². The minimum Gasteiger partial charge on any atom is -0.481 e. The third-order valence-corrected chi connectivity index (χ3v) is 2.27. The fourth-order valence-corrected chi connectivity index (χ4v) is 1.49. The Balaban J connectivity index is 2.93. The van der Waals surface area contributed by atoms with Crippen molar-refractivity contribution < 1.29 is 9.90 Å². The number of carbonyl (C=O) groups is 1. The zero-order chi connectivity index (χ0) is 10.7. The lowest BCUT2D eigenvalue weighted by Crippen LogP contribution is -2.16. The number of carboxylic acids is 1. The van der Waals surface area contributed by atoms with Crippen molar-refractivity contribution in [2.75, 3.05) is 0 Å². The molecule has 0 saturated carbocycles. The Morgan fingerprint density at radius 2 is 2.29 bits per heavy atom. The molecule has 14 heavy (non-hydrogen) atoms. The predicted octanol–water partition coefficient (Wildman–Crippen LogP) is 2.12. The summed E-state index contributed by atoms with van der Waals surface area (Å²) in [7, 11) is 0. The number of hydrogen-bond acceptors (Lipinski definition) is 2. The first-order valence-electron chi connectivity index (χ1n) is 4.24. The number of rotatable bonds is 3. The summed E-state index contributed by atoms with van der Waals surface area (Å²) < 4.78 is 0. The van der Waals surface area contributed by atoms with Gasteiger partial charge in [0.25, 0.3) is 0 Å². The van der Waals surface area contributed by atoms with Crippen molar-refractivity contribution in [2.24, 2.45) is 5.73 Å². The third kappa shape index (κ3) is 2.72. The van der Waals surface area contributed by atoms with Crippen molar-refractivity contribution in [3.05, 3.63) is 34.3 Å². The van der Waals surface area contributed by atoms with E-state index < -0.39 is 12.0 Å². The highest BCUT2D eigenvalue weighted by molar-refractivity contribution is 6.30. The molecule has 3 nitrogen and oxygen atoms in total. The molecule has 3 N–H and O–H groups in total. The van der Waals surface area contributed by atoms with Crippen LogP contribution >= 0.6 is 11.6 Å². The summed E-state index contributed by atoms with van der Waals surface area (Å²) in [4.78, 5) is 10.5. The molecule has 1 atom stereocenters. The first-order valence-corrected chi connectivity index (χ1v) is 4.62. The Bertz CT molecular complexity index is 352. The van der Waals surface area contributed by atoms with Crippen LogP contribution < -0.4 is 5.73 Å². The summed E-state index contributed by atoms with van der Waals surface area (Å²) >= 11 is 5.79. The van der Waals surface area contributed by atoms with E-state index in [1.54, 1.807) is 12.1 Å². The average molecular weight is 214 g/mol. The van der Waals surface area contributed by atoms with Crippen LogP contribution in [0.1, 0.15) is 23.6 Å². The number of benzene rings is 1. The number of aliphatic carboxylic acids is 1. The van der Waals surface area contributed by atoms with Crippen LogP contribution in [0.5, 0.6) is 0 Å². The lowest BCUT2D eigenvalue weighted by molar-refractivity contribution is -0.137. The van der Waals surface area contributed by atoms with Gasteiger partial charge in [0.2, 0.25) is 0 Å². The Morgan fingerprint density at radius 3 is 2.86 bits per heavy atom. The lowest BCUT2D eigenvalue weighted by Gasteiger charge is -2.12. The van der Waals surface area contributed by atoms with E-state index in [2.05, 4.69) is 0 Å². The molecule has 1 aromatic rings. The van der Waals surface area contributed by atoms with E-state index in [0.29, 0.717) is 5.02 Å². The van der Waals surface area contributed by atoms with Crippen LogP contribution in [0.3, 0.4) is 0 Å². The van der Waals surface area contributed by atoms with Gasteiger partial charge < -0.3 is 10.8 Å². The van der Waals surface area contributed by atoms with Gasteiger partial charge in [-0.15, -0.1) is 0 Å². The van der Waals surface area contributed by atoms with Gasteiger partial charge in [-0.2, -0.15) is 0 Å². The highest BCUT2D eigenvalue weighted by atomic mass is 35.5. The highest BCUT2D eigenvalue weighted by Crippen LogP contribution is 2.22. The van der Waals surface area contributed by atoms with Gasteiger partial charge in [-0.1, -0.05) is 17.7 Å². The average Bonchev–Trinajstić information content (AvgIpc) is 2.08. The zero-order valence-electron chi connectivity index (χ0n) is 7.83. The molecule has 0 bridgehead atoms. The molecule has 0 aliphatic carbocycles. The summed E-state index contributed by atoms with van der Waals surface area (Å²) in [5, 5.41) is 9.17. The van der Waals surface area contributed by atoms with Gasteiger partial charge in [0.05, 0.1) is 6.42 Å². The molecule has 1 aromatic carbocycles. The van der Waals surface area contributed by atoms with E-state index in [-0.39, 0.29) is 6.42 Å². The van der Waals surface area contributed by atoms with Gasteiger partial charge in [0, 0.05) is 11.1 Å². The van der Waals surface area contributed by atoms with Crippen molar-refractivity contribution in [3.8, 4) is 0 Å². The number of halogens is 1. The monoisotopic (exact) mass is 213 g/mol. The zero-order valence-corrected chi connectivity index (χ0v) is 8.58. The number of hydrogen-bond donors (Lipinski definition) is 2. The minimum atomic E-state index is -0.906. The van der Waals surface area contributed by atoms with Crippen LogP contribution in [0.25, 0.3) is 0 Å². The first kappa shape index (κ1) is 11.0. The highest BCUT2D eigenvalue weighted by Gasteiger charge is 2.12. The lowest BCUT2D eigenvalue weighted by atomic mass is 10.00. The number of aryl methyl sites for hydroxylation is 1. The maximum absolute atomic E-state index is 10.5. The van der Waals surface area contributed by atoms with Gasteiger partial charge >= 0.3 is 5.97 Å². The van der Waals surface area contributed by atoms with Crippen LogP contribution in [0, 0.1) is 6.92 Å². The van der Waals surface area contributed by atoms with Crippen LogP contribution in [0.4, 0.5) is 0 Å². The van der Waals surface area contributed by atoms with E-state index in [9.17, 15) is 4.79 Å². The smallest absolute Gasteiger partial charge is 0.305 e. The van der Waals surface area contributed by atoms with Crippen LogP contribution in [0.2, 0.25) is 5.02 Å². The fraction of sp³-hybridized carbons (Fsp3) is 0.300. The molecule has 0 fully saturated rings. The summed E-state index contributed by atoms with van der Waals surface area (Å²) in [5.74, 6) is -0.906. The molecule has 76 valence electrons. The summed E-state index contributed by atoms with van der Waals surface area (Å²) in [5.41, 5.74) is 7.48. The van der Waals surface area contributed by atoms with Gasteiger partial charge in [-0.3, -0.25) is 4.79 Å². The van der Waals surface area contributed by atoms with Gasteiger partial charge in [-0.25, -0.2) is 0 Å². The standard InChI is InChI=1S/C10H12ClNO2/c1-6-2-3-7(11)4-8(6)9(12)5-10(13)14/h2-4,9H,5,12H2,1H3,(H,13,14)/t9-/m0/s1. The second kappa shape index (κ2) is 4.44. The summed E-state index contributed by atoms with van der Waals surface area (Å²) in [6, 6.07) is 4.81. The van der Waals surface area contributed by atoms with Crippen molar-refractivity contribution >= 4 is 17.6 Å². The SMILES string of the molecule is Cc1ccc(Cl)cc1[C@@H](N)CC(=O)O. The predicted molar refractivity (Wildman–Crippen MR) is 55.4 cm³/mol. The maximum Gasteiger partial charge on any atom is 0.305 e. The van der Waals surface area contributed by atoms with Crippen LogP contribution in [-0.4, -0.2) is 11.1 Å². The van der Waals surface area contributed by atoms with Crippen molar-refractivity contribution in [2.45, 2.75) is 19.4 Å². The van der Waals surface area contributed by atoms with E-state index in [1.807, 2.05) is 13.0 Å². The van der Waals surface area contributed by atoms with E-state index in [1.165, 1.54) is 0 Å². The van der Waals surface area contributed by atoms with Crippen molar-refractivity contribution in [1.29, 1.82) is 0 Å². The molecule has 0 spiro atoms. The van der Waals surface area contributed by atoms with Crippen LogP contribution in [-0.2, 0) is 4.79 Å². The molecule has 0 saturated heterocycles. The molecule has 0 aliphatic rings. The van der Waals surface area contributed by atoms with E-state index in [4.69, 9.17) is 22.4 Å². The van der Waals surface area contributed by atoms with Gasteiger partial charge in [0.15, 0.2) is 0 Å². The van der Waals surface area contributed by atoms with Gasteiger partial charge in [0.1, 0.15) is 0 Å². The normalized spacial score (nSPS) is 12.5. The van der Waals surface area contributed by atoms with E-state index >= 15 is 0 Å². The van der Waals surface area contributed by atoms with Gasteiger partial charge in [-0.05, 0) is 30.2 Å². The molecule has 0 heterocycles. The van der Waals surface area contributed by atoms with Crippen molar-refractivity contribution in [1.82, 2.24) is 0 Å². The molecule has 0 radical (unpaired) electrons. The third-order valence-electron chi connectivity index (χ3n) is 2.04. The molecule has 1 rings (SSSR count). The second-order valence-electron chi connectivity index (χ2n) is 3.21. The molecular weight excluding hydrogens is 202 g/mol. The molecule has 4 heteroatoms. The molecular formula is C10H12ClNO2.